The highest BCUT2D eigenvalue weighted by Gasteiger charge is 2.17. The van der Waals surface area contributed by atoms with Crippen LogP contribution in [0, 0.1) is 5.92 Å². The van der Waals surface area contributed by atoms with Crippen LogP contribution < -0.4 is 9.47 Å². The molecule has 100 valence electrons. The van der Waals surface area contributed by atoms with Crippen LogP contribution in [0.4, 0.5) is 0 Å². The molecule has 1 aromatic rings. The summed E-state index contributed by atoms with van der Waals surface area (Å²) >= 11 is 0. The molecule has 3 heteroatoms. The largest absolute Gasteiger partial charge is 0.490 e. The number of hydrogen-bond acceptors (Lipinski definition) is 3. The van der Waals surface area contributed by atoms with Gasteiger partial charge in [-0.25, -0.2) is 0 Å². The summed E-state index contributed by atoms with van der Waals surface area (Å²) in [5.74, 6) is 2.11. The van der Waals surface area contributed by atoms with E-state index in [1.807, 2.05) is 25.1 Å². The van der Waals surface area contributed by atoms with Crippen molar-refractivity contribution >= 4 is 0 Å². The lowest BCUT2D eigenvalue weighted by Crippen LogP contribution is -2.10. The van der Waals surface area contributed by atoms with E-state index in [1.54, 1.807) is 0 Å². The Morgan fingerprint density at radius 1 is 1.22 bits per heavy atom. The van der Waals surface area contributed by atoms with Crippen molar-refractivity contribution in [3.63, 3.8) is 0 Å². The van der Waals surface area contributed by atoms with Crippen molar-refractivity contribution in [3.05, 3.63) is 23.8 Å². The minimum Gasteiger partial charge on any atom is -0.490 e. The highest BCUT2D eigenvalue weighted by molar-refractivity contribution is 5.46. The SMILES string of the molecule is CCOc1cccc(CO)c1OCC1CCCC1. The lowest BCUT2D eigenvalue weighted by molar-refractivity contribution is 0.220. The Hall–Kier alpha value is -1.22. The van der Waals surface area contributed by atoms with Gasteiger partial charge in [-0.1, -0.05) is 25.0 Å². The number of benzene rings is 1. The zero-order chi connectivity index (χ0) is 12.8. The molecule has 0 bridgehead atoms. The molecule has 1 aliphatic carbocycles. The van der Waals surface area contributed by atoms with Crippen LogP contribution in [0.3, 0.4) is 0 Å². The maximum absolute atomic E-state index is 9.37. The van der Waals surface area contributed by atoms with E-state index in [-0.39, 0.29) is 6.61 Å². The summed E-state index contributed by atoms with van der Waals surface area (Å²) in [6, 6.07) is 5.66. The highest BCUT2D eigenvalue weighted by atomic mass is 16.5. The molecule has 0 spiro atoms. The molecular formula is C15H22O3. The van der Waals surface area contributed by atoms with E-state index in [9.17, 15) is 5.11 Å². The number of aliphatic hydroxyl groups is 1. The first-order chi connectivity index (χ1) is 8.85. The first-order valence-corrected chi connectivity index (χ1v) is 6.83. The molecule has 0 radical (unpaired) electrons. The standard InChI is InChI=1S/C15H22O3/c1-2-17-14-9-5-8-13(10-16)15(14)18-11-12-6-3-4-7-12/h5,8-9,12,16H,2-4,6-7,10-11H2,1H3. The molecule has 0 aliphatic heterocycles. The Morgan fingerprint density at radius 2 is 2.00 bits per heavy atom. The average molecular weight is 250 g/mol. The normalized spacial score (nSPS) is 15.9. The molecule has 0 aromatic heterocycles. The Balaban J connectivity index is 2.07. The predicted molar refractivity (Wildman–Crippen MR) is 71.0 cm³/mol. The third-order valence-corrected chi connectivity index (χ3v) is 3.47. The van der Waals surface area contributed by atoms with E-state index in [4.69, 9.17) is 9.47 Å². The summed E-state index contributed by atoms with van der Waals surface area (Å²) in [6.45, 7) is 3.28. The van der Waals surface area contributed by atoms with Gasteiger partial charge in [-0.2, -0.15) is 0 Å². The molecular weight excluding hydrogens is 228 g/mol. The number of rotatable bonds is 6. The summed E-state index contributed by atoms with van der Waals surface area (Å²) in [7, 11) is 0. The van der Waals surface area contributed by atoms with Crippen molar-refractivity contribution in [1.82, 2.24) is 0 Å². The van der Waals surface area contributed by atoms with Gasteiger partial charge in [0.2, 0.25) is 0 Å². The van der Waals surface area contributed by atoms with Crippen molar-refractivity contribution in [3.8, 4) is 11.5 Å². The molecule has 18 heavy (non-hydrogen) atoms. The molecule has 1 aliphatic rings. The Morgan fingerprint density at radius 3 is 2.67 bits per heavy atom. The van der Waals surface area contributed by atoms with Gasteiger partial charge in [0.05, 0.1) is 19.8 Å². The quantitative estimate of drug-likeness (QED) is 0.843. The van der Waals surface area contributed by atoms with Crippen molar-refractivity contribution in [2.75, 3.05) is 13.2 Å². The van der Waals surface area contributed by atoms with Crippen LogP contribution in [0.15, 0.2) is 18.2 Å². The van der Waals surface area contributed by atoms with E-state index in [1.165, 1.54) is 25.7 Å². The zero-order valence-corrected chi connectivity index (χ0v) is 11.0. The van der Waals surface area contributed by atoms with Crippen molar-refractivity contribution < 1.29 is 14.6 Å². The van der Waals surface area contributed by atoms with Gasteiger partial charge in [0, 0.05) is 5.56 Å². The third-order valence-electron chi connectivity index (χ3n) is 3.47. The summed E-state index contributed by atoms with van der Waals surface area (Å²) < 4.78 is 11.5. The molecule has 0 atom stereocenters. The third kappa shape index (κ3) is 3.16. The number of para-hydroxylation sites is 1. The van der Waals surface area contributed by atoms with Crippen LogP contribution in [-0.4, -0.2) is 18.3 Å². The highest BCUT2D eigenvalue weighted by Crippen LogP contribution is 2.33. The summed E-state index contributed by atoms with van der Waals surface area (Å²) in [5.41, 5.74) is 0.805. The molecule has 0 amide bonds. The fourth-order valence-electron chi connectivity index (χ4n) is 2.50. The van der Waals surface area contributed by atoms with Crippen LogP contribution in [-0.2, 0) is 6.61 Å². The first-order valence-electron chi connectivity index (χ1n) is 6.83. The van der Waals surface area contributed by atoms with Crippen LogP contribution in [0.2, 0.25) is 0 Å². The van der Waals surface area contributed by atoms with Crippen LogP contribution in [0.5, 0.6) is 11.5 Å². The fraction of sp³-hybridized carbons (Fsp3) is 0.600. The van der Waals surface area contributed by atoms with Crippen LogP contribution in [0.1, 0.15) is 38.2 Å². The number of aliphatic hydroxyl groups excluding tert-OH is 1. The average Bonchev–Trinajstić information content (AvgIpc) is 2.90. The van der Waals surface area contributed by atoms with E-state index in [0.717, 1.165) is 17.9 Å². The maximum atomic E-state index is 9.37. The van der Waals surface area contributed by atoms with Gasteiger partial charge in [0.15, 0.2) is 11.5 Å². The monoisotopic (exact) mass is 250 g/mol. The van der Waals surface area contributed by atoms with Gasteiger partial charge in [0.25, 0.3) is 0 Å². The summed E-state index contributed by atoms with van der Waals surface area (Å²) in [5, 5.41) is 9.37. The van der Waals surface area contributed by atoms with Crippen molar-refractivity contribution in [2.24, 2.45) is 5.92 Å². The van der Waals surface area contributed by atoms with Crippen molar-refractivity contribution in [2.45, 2.75) is 39.2 Å². The number of hydrogen-bond donors (Lipinski definition) is 1. The Kier molecular flexibility index (Phi) is 4.88. The first kappa shape index (κ1) is 13.2. The lowest BCUT2D eigenvalue weighted by atomic mass is 10.1. The van der Waals surface area contributed by atoms with Crippen molar-refractivity contribution in [1.29, 1.82) is 0 Å². The van der Waals surface area contributed by atoms with E-state index in [2.05, 4.69) is 0 Å². The van der Waals surface area contributed by atoms with Crippen LogP contribution in [0.25, 0.3) is 0 Å². The van der Waals surface area contributed by atoms with Gasteiger partial charge in [-0.15, -0.1) is 0 Å². The Bertz CT molecular complexity index is 370. The molecule has 0 saturated heterocycles. The van der Waals surface area contributed by atoms with E-state index >= 15 is 0 Å². The minimum atomic E-state index is -0.0130. The molecule has 1 aromatic carbocycles. The van der Waals surface area contributed by atoms with Gasteiger partial charge in [0.1, 0.15) is 0 Å². The topological polar surface area (TPSA) is 38.7 Å². The second-order valence-electron chi connectivity index (χ2n) is 4.80. The second kappa shape index (κ2) is 6.64. The van der Waals surface area contributed by atoms with E-state index < -0.39 is 0 Å². The zero-order valence-electron chi connectivity index (χ0n) is 11.0. The lowest BCUT2D eigenvalue weighted by Gasteiger charge is -2.17. The molecule has 0 heterocycles. The fourth-order valence-corrected chi connectivity index (χ4v) is 2.50. The molecule has 3 nitrogen and oxygen atoms in total. The van der Waals surface area contributed by atoms with Gasteiger partial charge in [-0.05, 0) is 31.7 Å². The summed E-state index contributed by atoms with van der Waals surface area (Å²) in [6.07, 6.45) is 5.14. The number of ether oxygens (including phenoxy) is 2. The second-order valence-corrected chi connectivity index (χ2v) is 4.80. The molecule has 0 unspecified atom stereocenters. The molecule has 1 saturated carbocycles. The smallest absolute Gasteiger partial charge is 0.166 e. The van der Waals surface area contributed by atoms with Gasteiger partial charge in [-0.3, -0.25) is 0 Å². The summed E-state index contributed by atoms with van der Waals surface area (Å²) in [4.78, 5) is 0. The molecule has 1 fully saturated rings. The maximum Gasteiger partial charge on any atom is 0.166 e. The predicted octanol–water partition coefficient (Wildman–Crippen LogP) is 3.15. The van der Waals surface area contributed by atoms with Gasteiger partial charge < -0.3 is 14.6 Å². The molecule has 1 N–H and O–H groups in total. The van der Waals surface area contributed by atoms with Gasteiger partial charge >= 0.3 is 0 Å². The minimum absolute atomic E-state index is 0.0130. The molecule has 2 rings (SSSR count). The Labute approximate surface area is 109 Å². The van der Waals surface area contributed by atoms with Crippen LogP contribution >= 0.6 is 0 Å². The van der Waals surface area contributed by atoms with E-state index in [0.29, 0.717) is 18.3 Å².